The Morgan fingerprint density at radius 1 is 0.805 bits per heavy atom. The van der Waals surface area contributed by atoms with E-state index in [4.69, 9.17) is 4.98 Å². The van der Waals surface area contributed by atoms with Crippen LogP contribution in [0.4, 0.5) is 0 Å². The normalized spacial score (nSPS) is 12.7. The molecule has 0 fully saturated rings. The molecule has 1 heterocycles. The Kier molecular flexibility index (Phi) is 8.73. The van der Waals surface area contributed by atoms with Gasteiger partial charge in [0.25, 0.3) is 5.56 Å². The molecule has 0 saturated carbocycles. The molecule has 208 valence electrons. The molecule has 0 N–H and O–H groups in total. The molecule has 0 aliphatic rings. The molecule has 0 bridgehead atoms. The first-order valence-electron chi connectivity index (χ1n) is 14.5. The number of hydrogen-bond acceptors (Lipinski definition) is 3. The van der Waals surface area contributed by atoms with E-state index in [1.807, 2.05) is 109 Å². The van der Waals surface area contributed by atoms with Gasteiger partial charge < -0.3 is 4.90 Å². The lowest BCUT2D eigenvalue weighted by Crippen LogP contribution is -2.41. The number of aryl methyl sites for hydroxylation is 1. The summed E-state index contributed by atoms with van der Waals surface area (Å²) in [6.45, 7) is 6.66. The second-order valence-electron chi connectivity index (χ2n) is 10.5. The van der Waals surface area contributed by atoms with Crippen molar-refractivity contribution in [2.45, 2.75) is 52.0 Å². The fourth-order valence-corrected chi connectivity index (χ4v) is 5.53. The van der Waals surface area contributed by atoms with E-state index in [-0.39, 0.29) is 17.4 Å². The predicted molar refractivity (Wildman–Crippen MR) is 166 cm³/mol. The molecule has 4 aromatic carbocycles. The van der Waals surface area contributed by atoms with Crippen molar-refractivity contribution in [3.8, 4) is 5.69 Å². The minimum atomic E-state index is -0.452. The Morgan fingerprint density at radius 3 is 2.10 bits per heavy atom. The van der Waals surface area contributed by atoms with Crippen molar-refractivity contribution >= 4 is 16.8 Å². The third-order valence-electron chi connectivity index (χ3n) is 7.92. The third kappa shape index (κ3) is 5.99. The summed E-state index contributed by atoms with van der Waals surface area (Å²) >= 11 is 0. The zero-order valence-electron chi connectivity index (χ0n) is 24.0. The van der Waals surface area contributed by atoms with Crippen LogP contribution in [0.1, 0.15) is 61.7 Å². The molecule has 1 amide bonds. The second kappa shape index (κ2) is 12.8. The first-order chi connectivity index (χ1) is 20.0. The van der Waals surface area contributed by atoms with E-state index >= 15 is 0 Å². The quantitative estimate of drug-likeness (QED) is 0.186. The zero-order chi connectivity index (χ0) is 28.8. The smallest absolute Gasteiger partial charge is 0.266 e. The Labute approximate surface area is 242 Å². The van der Waals surface area contributed by atoms with Crippen LogP contribution in [0.2, 0.25) is 0 Å². The molecule has 2 unspecified atom stereocenters. The van der Waals surface area contributed by atoms with Crippen molar-refractivity contribution in [3.05, 3.63) is 142 Å². The van der Waals surface area contributed by atoms with Crippen LogP contribution in [0, 0.1) is 0 Å². The lowest BCUT2D eigenvalue weighted by Gasteiger charge is -2.33. The van der Waals surface area contributed by atoms with Crippen LogP contribution >= 0.6 is 0 Å². The van der Waals surface area contributed by atoms with Gasteiger partial charge in [-0.3, -0.25) is 14.2 Å². The minimum absolute atomic E-state index is 0.0393. The standard InChI is InChI=1S/C36H37N3O2/c1-4-27-20-22-30(23-21-27)39-34(37-33-19-13-12-18-32(33)36(39)41)26(3)38(25-24-28-14-8-6-9-15-28)35(40)31(5-2)29-16-10-7-11-17-29/h6-23,26,31H,4-5,24-25H2,1-3H3. The van der Waals surface area contributed by atoms with Gasteiger partial charge in [0.2, 0.25) is 5.91 Å². The van der Waals surface area contributed by atoms with Crippen LogP contribution in [-0.2, 0) is 17.6 Å². The van der Waals surface area contributed by atoms with Crippen molar-refractivity contribution in [2.75, 3.05) is 6.54 Å². The van der Waals surface area contributed by atoms with Gasteiger partial charge in [0.1, 0.15) is 5.82 Å². The van der Waals surface area contributed by atoms with Gasteiger partial charge >= 0.3 is 0 Å². The van der Waals surface area contributed by atoms with Crippen molar-refractivity contribution in [2.24, 2.45) is 0 Å². The number of hydrogen-bond donors (Lipinski definition) is 0. The molecular weight excluding hydrogens is 506 g/mol. The van der Waals surface area contributed by atoms with Crippen molar-refractivity contribution < 1.29 is 4.79 Å². The number of nitrogens with zero attached hydrogens (tertiary/aromatic N) is 3. The fourth-order valence-electron chi connectivity index (χ4n) is 5.53. The number of rotatable bonds is 10. The van der Waals surface area contributed by atoms with Crippen LogP contribution in [0.3, 0.4) is 0 Å². The molecule has 1 aromatic heterocycles. The summed E-state index contributed by atoms with van der Waals surface area (Å²) in [5.74, 6) is 0.304. The SMILES string of the molecule is CCc1ccc(-n2c(C(C)N(CCc3ccccc3)C(=O)C(CC)c3ccccc3)nc3ccccc3c2=O)cc1. The summed E-state index contributed by atoms with van der Waals surface area (Å²) in [5, 5.41) is 0.556. The monoisotopic (exact) mass is 543 g/mol. The van der Waals surface area contributed by atoms with Crippen molar-refractivity contribution in [1.29, 1.82) is 0 Å². The van der Waals surface area contributed by atoms with E-state index in [9.17, 15) is 9.59 Å². The van der Waals surface area contributed by atoms with Crippen molar-refractivity contribution in [3.63, 3.8) is 0 Å². The van der Waals surface area contributed by atoms with Crippen LogP contribution in [0.25, 0.3) is 16.6 Å². The number of fused-ring (bicyclic) bond motifs is 1. The van der Waals surface area contributed by atoms with Gasteiger partial charge in [0.15, 0.2) is 0 Å². The Balaban J connectivity index is 1.64. The predicted octanol–water partition coefficient (Wildman–Crippen LogP) is 7.27. The van der Waals surface area contributed by atoms with Gasteiger partial charge in [-0.25, -0.2) is 4.98 Å². The molecule has 5 rings (SSSR count). The Bertz CT molecular complexity index is 1660. The molecule has 0 radical (unpaired) electrons. The summed E-state index contributed by atoms with van der Waals surface area (Å²) < 4.78 is 1.69. The van der Waals surface area contributed by atoms with E-state index in [0.29, 0.717) is 36.1 Å². The summed E-state index contributed by atoms with van der Waals surface area (Å²) in [6.07, 6.45) is 2.28. The first kappa shape index (κ1) is 28.0. The fraction of sp³-hybridized carbons (Fsp3) is 0.250. The topological polar surface area (TPSA) is 55.2 Å². The van der Waals surface area contributed by atoms with Crippen LogP contribution in [-0.4, -0.2) is 26.9 Å². The summed E-state index contributed by atoms with van der Waals surface area (Å²) in [7, 11) is 0. The third-order valence-corrected chi connectivity index (χ3v) is 7.92. The molecule has 0 aliphatic heterocycles. The highest BCUT2D eigenvalue weighted by Crippen LogP contribution is 2.29. The highest BCUT2D eigenvalue weighted by molar-refractivity contribution is 5.84. The van der Waals surface area contributed by atoms with Gasteiger partial charge in [-0.1, -0.05) is 98.8 Å². The van der Waals surface area contributed by atoms with Gasteiger partial charge in [-0.2, -0.15) is 0 Å². The average molecular weight is 544 g/mol. The number of para-hydroxylation sites is 1. The lowest BCUT2D eigenvalue weighted by molar-refractivity contribution is -0.135. The average Bonchev–Trinajstić information content (AvgIpc) is 3.02. The largest absolute Gasteiger partial charge is 0.332 e. The molecule has 41 heavy (non-hydrogen) atoms. The number of amides is 1. The van der Waals surface area contributed by atoms with Crippen LogP contribution in [0.15, 0.2) is 114 Å². The maximum atomic E-state index is 14.4. The van der Waals surface area contributed by atoms with Crippen molar-refractivity contribution in [1.82, 2.24) is 14.5 Å². The minimum Gasteiger partial charge on any atom is -0.332 e. The molecule has 0 aliphatic carbocycles. The number of benzene rings is 4. The zero-order valence-corrected chi connectivity index (χ0v) is 24.0. The van der Waals surface area contributed by atoms with Gasteiger partial charge in [0.05, 0.1) is 28.6 Å². The van der Waals surface area contributed by atoms with Gasteiger partial charge in [0, 0.05) is 6.54 Å². The highest BCUT2D eigenvalue weighted by atomic mass is 16.2. The van der Waals surface area contributed by atoms with Crippen LogP contribution < -0.4 is 5.56 Å². The number of carbonyl (C=O) groups is 1. The molecular formula is C36H37N3O2. The molecule has 0 spiro atoms. The highest BCUT2D eigenvalue weighted by Gasteiger charge is 2.31. The lowest BCUT2D eigenvalue weighted by atomic mass is 9.94. The van der Waals surface area contributed by atoms with E-state index in [2.05, 4.69) is 26.0 Å². The number of aromatic nitrogens is 2. The Hall–Kier alpha value is -4.51. The first-order valence-corrected chi connectivity index (χ1v) is 14.5. The van der Waals surface area contributed by atoms with Crippen LogP contribution in [0.5, 0.6) is 0 Å². The Morgan fingerprint density at radius 2 is 1.44 bits per heavy atom. The summed E-state index contributed by atoms with van der Waals surface area (Å²) in [5.41, 5.74) is 4.59. The molecule has 5 heteroatoms. The van der Waals surface area contributed by atoms with E-state index < -0.39 is 6.04 Å². The van der Waals surface area contributed by atoms with E-state index in [1.54, 1.807) is 4.57 Å². The number of carbonyl (C=O) groups excluding carboxylic acids is 1. The molecule has 2 atom stereocenters. The molecule has 5 aromatic rings. The molecule has 0 saturated heterocycles. The van der Waals surface area contributed by atoms with Gasteiger partial charge in [-0.05, 0) is 67.1 Å². The van der Waals surface area contributed by atoms with E-state index in [1.165, 1.54) is 5.56 Å². The second-order valence-corrected chi connectivity index (χ2v) is 10.5. The maximum absolute atomic E-state index is 14.4. The summed E-state index contributed by atoms with van der Waals surface area (Å²) in [6, 6.07) is 35.2. The maximum Gasteiger partial charge on any atom is 0.266 e. The van der Waals surface area contributed by atoms with E-state index in [0.717, 1.165) is 23.2 Å². The summed E-state index contributed by atoms with van der Waals surface area (Å²) in [4.78, 5) is 35.4. The van der Waals surface area contributed by atoms with Gasteiger partial charge in [-0.15, -0.1) is 0 Å². The molecule has 5 nitrogen and oxygen atoms in total.